The summed E-state index contributed by atoms with van der Waals surface area (Å²) in [4.78, 5) is 29.9. The number of hydrogen-bond donors (Lipinski definition) is 0. The molecule has 1 atom stereocenters. The summed E-state index contributed by atoms with van der Waals surface area (Å²) in [5.74, 6) is 0.762. The molecule has 27 heavy (non-hydrogen) atoms. The fraction of sp³-hybridized carbons (Fsp3) is 0.737. The molecule has 1 unspecified atom stereocenters. The molecule has 0 aromatic carbocycles. The van der Waals surface area contributed by atoms with Crippen LogP contribution in [0.5, 0.6) is 0 Å². The summed E-state index contributed by atoms with van der Waals surface area (Å²) in [7, 11) is 4.28. The number of ether oxygens (including phenoxy) is 1. The topological polar surface area (TPSA) is 65.0 Å². The van der Waals surface area contributed by atoms with Gasteiger partial charge in [-0.1, -0.05) is 0 Å². The standard InChI is InChI=1S/C19H30N6O2/c1-22(2)16-4-9-23(14-16)12-13-25-15-19(27-18(25)26)5-10-24(11-6-19)17-20-7-3-8-21-17/h3,7-8,16H,4-6,9-15H2,1-2H3. The van der Waals surface area contributed by atoms with E-state index in [0.29, 0.717) is 12.6 Å². The van der Waals surface area contributed by atoms with Crippen molar-refractivity contribution in [1.82, 2.24) is 24.7 Å². The normalized spacial score (nSPS) is 25.6. The Bertz CT molecular complexity index is 647. The Kier molecular flexibility index (Phi) is 5.19. The number of piperidine rings is 1. The number of hydrogen-bond acceptors (Lipinski definition) is 7. The van der Waals surface area contributed by atoms with E-state index in [0.717, 1.165) is 58.1 Å². The third-order valence-corrected chi connectivity index (χ3v) is 6.21. The number of carbonyl (C=O) groups is 1. The molecule has 1 spiro atoms. The predicted molar refractivity (Wildman–Crippen MR) is 103 cm³/mol. The zero-order valence-electron chi connectivity index (χ0n) is 16.4. The first-order valence-corrected chi connectivity index (χ1v) is 9.93. The molecule has 4 heterocycles. The maximum absolute atomic E-state index is 12.4. The molecular weight excluding hydrogens is 344 g/mol. The third-order valence-electron chi connectivity index (χ3n) is 6.21. The second kappa shape index (κ2) is 7.59. The highest BCUT2D eigenvalue weighted by Crippen LogP contribution is 2.34. The van der Waals surface area contributed by atoms with Gasteiger partial charge in [-0.15, -0.1) is 0 Å². The van der Waals surface area contributed by atoms with Crippen LogP contribution >= 0.6 is 0 Å². The predicted octanol–water partition coefficient (Wildman–Crippen LogP) is 0.904. The lowest BCUT2D eigenvalue weighted by atomic mass is 9.91. The summed E-state index contributed by atoms with van der Waals surface area (Å²) in [5, 5.41) is 0. The van der Waals surface area contributed by atoms with Crippen LogP contribution in [0.4, 0.5) is 10.7 Å². The molecule has 3 aliphatic rings. The van der Waals surface area contributed by atoms with Crippen molar-refractivity contribution in [3.05, 3.63) is 18.5 Å². The maximum Gasteiger partial charge on any atom is 0.410 e. The molecule has 8 heteroatoms. The van der Waals surface area contributed by atoms with Gasteiger partial charge in [-0.25, -0.2) is 14.8 Å². The summed E-state index contributed by atoms with van der Waals surface area (Å²) >= 11 is 0. The summed E-state index contributed by atoms with van der Waals surface area (Å²) in [6, 6.07) is 2.46. The lowest BCUT2D eigenvalue weighted by Gasteiger charge is -2.37. The van der Waals surface area contributed by atoms with Crippen molar-refractivity contribution in [3.8, 4) is 0 Å². The van der Waals surface area contributed by atoms with E-state index in [1.807, 2.05) is 11.0 Å². The van der Waals surface area contributed by atoms with Crippen molar-refractivity contribution in [2.45, 2.75) is 30.9 Å². The average Bonchev–Trinajstić information content (AvgIpc) is 3.26. The number of aromatic nitrogens is 2. The van der Waals surface area contributed by atoms with Gasteiger partial charge in [0.2, 0.25) is 5.95 Å². The van der Waals surface area contributed by atoms with Crippen LogP contribution < -0.4 is 4.90 Å². The summed E-state index contributed by atoms with van der Waals surface area (Å²) in [6.45, 7) is 6.24. The Morgan fingerprint density at radius 1 is 1.19 bits per heavy atom. The fourth-order valence-corrected chi connectivity index (χ4v) is 4.39. The van der Waals surface area contributed by atoms with Crippen LogP contribution in [0.25, 0.3) is 0 Å². The highest BCUT2D eigenvalue weighted by molar-refractivity contribution is 5.70. The fourth-order valence-electron chi connectivity index (χ4n) is 4.39. The van der Waals surface area contributed by atoms with Crippen molar-refractivity contribution < 1.29 is 9.53 Å². The second-order valence-electron chi connectivity index (χ2n) is 8.22. The van der Waals surface area contributed by atoms with Crippen LogP contribution in [0.1, 0.15) is 19.3 Å². The molecule has 0 saturated carbocycles. The second-order valence-corrected chi connectivity index (χ2v) is 8.22. The molecule has 3 fully saturated rings. The van der Waals surface area contributed by atoms with Gasteiger partial charge in [-0.05, 0) is 33.1 Å². The quantitative estimate of drug-likeness (QED) is 0.759. The molecule has 3 saturated heterocycles. The molecule has 0 aliphatic carbocycles. The lowest BCUT2D eigenvalue weighted by Crippen LogP contribution is -2.47. The van der Waals surface area contributed by atoms with Crippen LogP contribution in [0.2, 0.25) is 0 Å². The molecule has 1 amide bonds. The molecule has 4 rings (SSSR count). The highest BCUT2D eigenvalue weighted by atomic mass is 16.6. The molecule has 1 aromatic rings. The summed E-state index contributed by atoms with van der Waals surface area (Å²) < 4.78 is 5.85. The van der Waals surface area contributed by atoms with Gasteiger partial charge in [0.05, 0.1) is 6.54 Å². The Labute approximate surface area is 161 Å². The monoisotopic (exact) mass is 374 g/mol. The van der Waals surface area contributed by atoms with E-state index >= 15 is 0 Å². The van der Waals surface area contributed by atoms with Crippen molar-refractivity contribution in [3.63, 3.8) is 0 Å². The van der Waals surface area contributed by atoms with Gasteiger partial charge in [0.1, 0.15) is 5.60 Å². The molecule has 0 N–H and O–H groups in total. The van der Waals surface area contributed by atoms with Crippen LogP contribution in [-0.2, 0) is 4.74 Å². The van der Waals surface area contributed by atoms with Crippen LogP contribution in [0.15, 0.2) is 18.5 Å². The minimum absolute atomic E-state index is 0.150. The Morgan fingerprint density at radius 2 is 1.93 bits per heavy atom. The SMILES string of the molecule is CN(C)C1CCN(CCN2CC3(CCN(c4ncccn4)CC3)OC2=O)C1. The van der Waals surface area contributed by atoms with E-state index in [1.165, 1.54) is 6.42 Å². The van der Waals surface area contributed by atoms with E-state index in [1.54, 1.807) is 12.4 Å². The van der Waals surface area contributed by atoms with Crippen molar-refractivity contribution in [2.75, 3.05) is 64.8 Å². The number of nitrogens with zero attached hydrogens (tertiary/aromatic N) is 6. The first kappa shape index (κ1) is 18.4. The van der Waals surface area contributed by atoms with Gasteiger partial charge in [0.15, 0.2) is 0 Å². The first-order chi connectivity index (χ1) is 13.0. The highest BCUT2D eigenvalue weighted by Gasteiger charge is 2.47. The Morgan fingerprint density at radius 3 is 2.59 bits per heavy atom. The maximum atomic E-state index is 12.4. The van der Waals surface area contributed by atoms with Crippen molar-refractivity contribution in [2.24, 2.45) is 0 Å². The number of rotatable bonds is 5. The first-order valence-electron chi connectivity index (χ1n) is 9.93. The molecule has 1 aromatic heterocycles. The van der Waals surface area contributed by atoms with E-state index in [2.05, 4.69) is 38.8 Å². The summed E-state index contributed by atoms with van der Waals surface area (Å²) in [5.41, 5.74) is -0.334. The van der Waals surface area contributed by atoms with E-state index in [-0.39, 0.29) is 11.7 Å². The molecule has 3 aliphatic heterocycles. The lowest BCUT2D eigenvalue weighted by molar-refractivity contribution is 0.0364. The molecule has 148 valence electrons. The molecular formula is C19H30N6O2. The summed E-state index contributed by atoms with van der Waals surface area (Å²) in [6.07, 6.45) is 6.26. The van der Waals surface area contributed by atoms with Gasteiger partial charge < -0.3 is 19.4 Å². The average molecular weight is 374 g/mol. The van der Waals surface area contributed by atoms with Gasteiger partial charge in [-0.3, -0.25) is 4.90 Å². The van der Waals surface area contributed by atoms with E-state index < -0.39 is 0 Å². The molecule has 8 nitrogen and oxygen atoms in total. The van der Waals surface area contributed by atoms with Gasteiger partial charge in [0.25, 0.3) is 0 Å². The van der Waals surface area contributed by atoms with Gasteiger partial charge in [-0.2, -0.15) is 0 Å². The zero-order chi connectivity index (χ0) is 18.9. The minimum atomic E-state index is -0.334. The Balaban J connectivity index is 1.27. The van der Waals surface area contributed by atoms with E-state index in [9.17, 15) is 4.79 Å². The van der Waals surface area contributed by atoms with Crippen molar-refractivity contribution >= 4 is 12.0 Å². The largest absolute Gasteiger partial charge is 0.441 e. The number of carbonyl (C=O) groups excluding carboxylic acids is 1. The number of amides is 1. The van der Waals surface area contributed by atoms with Crippen LogP contribution in [-0.4, -0.2) is 102 Å². The molecule has 0 bridgehead atoms. The van der Waals surface area contributed by atoms with E-state index in [4.69, 9.17) is 4.74 Å². The number of likely N-dealkylation sites (N-methyl/N-ethyl adjacent to an activating group) is 1. The smallest absolute Gasteiger partial charge is 0.410 e. The van der Waals surface area contributed by atoms with Gasteiger partial charge >= 0.3 is 6.09 Å². The van der Waals surface area contributed by atoms with Crippen LogP contribution in [0.3, 0.4) is 0 Å². The minimum Gasteiger partial charge on any atom is -0.441 e. The Hall–Kier alpha value is -1.93. The third kappa shape index (κ3) is 4.01. The van der Waals surface area contributed by atoms with Gasteiger partial charge in [0, 0.05) is 64.0 Å². The number of likely N-dealkylation sites (tertiary alicyclic amines) is 1. The van der Waals surface area contributed by atoms with Crippen LogP contribution in [0, 0.1) is 0 Å². The number of anilines is 1. The molecule has 0 radical (unpaired) electrons. The zero-order valence-corrected chi connectivity index (χ0v) is 16.4. The van der Waals surface area contributed by atoms with Crippen molar-refractivity contribution in [1.29, 1.82) is 0 Å².